The first kappa shape index (κ1) is 23.7. The summed E-state index contributed by atoms with van der Waals surface area (Å²) >= 11 is 12.3. The number of aromatic nitrogens is 3. The molecule has 0 fully saturated rings. The lowest BCUT2D eigenvalue weighted by Crippen LogP contribution is -2.19. The molecule has 5 rings (SSSR count). The number of hydrogen-bond acceptors (Lipinski definition) is 4. The highest BCUT2D eigenvalue weighted by atomic mass is 35.5. The van der Waals surface area contributed by atoms with Crippen molar-refractivity contribution in [1.29, 1.82) is 0 Å². The van der Waals surface area contributed by atoms with Gasteiger partial charge in [-0.1, -0.05) is 53.5 Å². The number of hydrogen-bond donors (Lipinski definition) is 3. The van der Waals surface area contributed by atoms with E-state index >= 15 is 0 Å². The summed E-state index contributed by atoms with van der Waals surface area (Å²) in [5, 5.41) is 14.6. The van der Waals surface area contributed by atoms with E-state index in [9.17, 15) is 4.79 Å². The maximum atomic E-state index is 12.4. The van der Waals surface area contributed by atoms with Crippen LogP contribution in [0.5, 0.6) is 0 Å². The average Bonchev–Trinajstić information content (AvgIpc) is 3.25. The summed E-state index contributed by atoms with van der Waals surface area (Å²) < 4.78 is 1.65. The van der Waals surface area contributed by atoms with Crippen LogP contribution in [0.2, 0.25) is 10.0 Å². The standard InChI is InChI=1S/C26H19BCl2N6O/c27-21-15-31-35-24(13-23(34-25(21)35)20-6-1-2-7-22(20)29)30-14-16-4-3-5-19(12-16)33-26(36)32-18-10-8-17(28)9-11-18/h1-13,15,30H,14H2,(H2,32,33,36). The van der Waals surface area contributed by atoms with E-state index in [1.165, 1.54) is 0 Å². The minimum Gasteiger partial charge on any atom is -0.366 e. The normalized spacial score (nSPS) is 10.8. The Bertz CT molecular complexity index is 1550. The Morgan fingerprint density at radius 3 is 2.50 bits per heavy atom. The van der Waals surface area contributed by atoms with Crippen molar-refractivity contribution in [3.63, 3.8) is 0 Å². The third-order valence-corrected chi connectivity index (χ3v) is 5.99. The topological polar surface area (TPSA) is 83.3 Å². The van der Waals surface area contributed by atoms with Crippen molar-refractivity contribution in [3.05, 3.63) is 101 Å². The molecule has 0 aliphatic rings. The molecular formula is C26H19BCl2N6O. The van der Waals surface area contributed by atoms with E-state index < -0.39 is 0 Å². The van der Waals surface area contributed by atoms with Gasteiger partial charge in [-0.3, -0.25) is 0 Å². The van der Waals surface area contributed by atoms with E-state index in [0.717, 1.165) is 11.1 Å². The van der Waals surface area contributed by atoms with Crippen LogP contribution in [0.1, 0.15) is 5.56 Å². The summed E-state index contributed by atoms with van der Waals surface area (Å²) in [6, 6.07) is 23.4. The molecule has 7 nitrogen and oxygen atoms in total. The Morgan fingerprint density at radius 2 is 1.69 bits per heavy atom. The Balaban J connectivity index is 1.33. The maximum Gasteiger partial charge on any atom is 0.323 e. The zero-order valence-corrected chi connectivity index (χ0v) is 20.4. The molecule has 0 saturated carbocycles. The monoisotopic (exact) mass is 512 g/mol. The highest BCUT2D eigenvalue weighted by Gasteiger charge is 2.12. The molecule has 36 heavy (non-hydrogen) atoms. The van der Waals surface area contributed by atoms with Gasteiger partial charge in [-0.05, 0) is 53.5 Å². The summed E-state index contributed by atoms with van der Waals surface area (Å²) in [5.74, 6) is 0.700. The maximum absolute atomic E-state index is 12.4. The molecule has 0 unspecified atom stereocenters. The second-order valence-corrected chi connectivity index (χ2v) is 8.83. The SMILES string of the molecule is [B]c1cnn2c(NCc3cccc(NC(=O)Nc4ccc(Cl)cc4)c3)cc(-c3ccccc3Cl)nc12. The van der Waals surface area contributed by atoms with Crippen molar-refractivity contribution in [2.45, 2.75) is 6.54 Å². The number of carbonyl (C=O) groups is 1. The zero-order valence-electron chi connectivity index (χ0n) is 18.9. The molecule has 0 aliphatic carbocycles. The third kappa shape index (κ3) is 5.30. The molecule has 0 bridgehead atoms. The number of halogens is 2. The molecule has 2 aromatic heterocycles. The van der Waals surface area contributed by atoms with Gasteiger partial charge in [-0.15, -0.1) is 0 Å². The van der Waals surface area contributed by atoms with E-state index in [1.807, 2.05) is 54.6 Å². The predicted octanol–water partition coefficient (Wildman–Crippen LogP) is 5.75. The van der Waals surface area contributed by atoms with Gasteiger partial charge in [0.25, 0.3) is 0 Å². The molecule has 0 aliphatic heterocycles. The third-order valence-electron chi connectivity index (χ3n) is 5.41. The summed E-state index contributed by atoms with van der Waals surface area (Å²) in [4.78, 5) is 17.1. The van der Waals surface area contributed by atoms with Crippen molar-refractivity contribution < 1.29 is 4.79 Å². The van der Waals surface area contributed by atoms with Crippen molar-refractivity contribution >= 4 is 65.4 Å². The molecule has 0 spiro atoms. The zero-order chi connectivity index (χ0) is 25.1. The highest BCUT2D eigenvalue weighted by Crippen LogP contribution is 2.28. The van der Waals surface area contributed by atoms with E-state index in [-0.39, 0.29) is 6.03 Å². The Hall–Kier alpha value is -4.01. The number of anilines is 3. The van der Waals surface area contributed by atoms with Gasteiger partial charge in [-0.25, -0.2) is 9.78 Å². The molecule has 3 N–H and O–H groups in total. The lowest BCUT2D eigenvalue weighted by atomic mass is 10.0. The Kier molecular flexibility index (Phi) is 6.80. The van der Waals surface area contributed by atoms with Crippen LogP contribution < -0.4 is 21.4 Å². The van der Waals surface area contributed by atoms with Gasteiger partial charge in [-0.2, -0.15) is 9.61 Å². The second-order valence-electron chi connectivity index (χ2n) is 7.98. The van der Waals surface area contributed by atoms with E-state index in [4.69, 9.17) is 31.0 Å². The molecule has 0 atom stereocenters. The van der Waals surface area contributed by atoms with Gasteiger partial charge in [0.1, 0.15) is 13.7 Å². The first-order valence-corrected chi connectivity index (χ1v) is 11.8. The molecule has 5 aromatic rings. The largest absolute Gasteiger partial charge is 0.366 e. The van der Waals surface area contributed by atoms with Crippen LogP contribution in [0.4, 0.5) is 22.0 Å². The van der Waals surface area contributed by atoms with Crippen LogP contribution in [0.3, 0.4) is 0 Å². The highest BCUT2D eigenvalue weighted by molar-refractivity contribution is 6.36. The molecule has 0 saturated heterocycles. The smallest absolute Gasteiger partial charge is 0.323 e. The van der Waals surface area contributed by atoms with Gasteiger partial charge in [0.05, 0.1) is 5.69 Å². The first-order chi connectivity index (χ1) is 17.5. The van der Waals surface area contributed by atoms with Crippen molar-refractivity contribution in [1.82, 2.24) is 14.6 Å². The van der Waals surface area contributed by atoms with Crippen molar-refractivity contribution in [2.24, 2.45) is 0 Å². The summed E-state index contributed by atoms with van der Waals surface area (Å²) in [6.07, 6.45) is 1.56. The molecule has 176 valence electrons. The number of nitrogens with one attached hydrogen (secondary N) is 3. The number of benzene rings is 3. The van der Waals surface area contributed by atoms with Gasteiger partial charge in [0.2, 0.25) is 0 Å². The number of amides is 2. The Labute approximate surface area is 218 Å². The molecule has 3 aromatic carbocycles. The molecule has 10 heteroatoms. The summed E-state index contributed by atoms with van der Waals surface area (Å²) in [5.41, 5.74) is 4.71. The number of urea groups is 1. The number of rotatable bonds is 6. The van der Waals surface area contributed by atoms with Crippen LogP contribution in [-0.4, -0.2) is 28.5 Å². The fourth-order valence-electron chi connectivity index (χ4n) is 3.69. The minimum atomic E-state index is -0.352. The molecular weight excluding hydrogens is 494 g/mol. The number of fused-ring (bicyclic) bond motifs is 1. The Morgan fingerprint density at radius 1 is 0.917 bits per heavy atom. The molecule has 2 radical (unpaired) electrons. The fraction of sp³-hybridized carbons (Fsp3) is 0.0385. The number of nitrogens with zero attached hydrogens (tertiary/aromatic N) is 3. The van der Waals surface area contributed by atoms with Gasteiger partial charge < -0.3 is 16.0 Å². The number of carbonyl (C=O) groups excluding carboxylic acids is 1. The lowest BCUT2D eigenvalue weighted by molar-refractivity contribution is 0.262. The first-order valence-electron chi connectivity index (χ1n) is 11.0. The second kappa shape index (κ2) is 10.3. The van der Waals surface area contributed by atoms with E-state index in [0.29, 0.717) is 50.6 Å². The molecule has 2 amide bonds. The van der Waals surface area contributed by atoms with Gasteiger partial charge in [0, 0.05) is 45.8 Å². The fourth-order valence-corrected chi connectivity index (χ4v) is 4.05. The summed E-state index contributed by atoms with van der Waals surface area (Å²) in [7, 11) is 6.11. The van der Waals surface area contributed by atoms with Crippen LogP contribution in [0, 0.1) is 0 Å². The minimum absolute atomic E-state index is 0.352. The predicted molar refractivity (Wildman–Crippen MR) is 147 cm³/mol. The average molecular weight is 513 g/mol. The van der Waals surface area contributed by atoms with Crippen molar-refractivity contribution in [2.75, 3.05) is 16.0 Å². The molecule has 2 heterocycles. The van der Waals surface area contributed by atoms with Crippen LogP contribution in [-0.2, 0) is 6.54 Å². The van der Waals surface area contributed by atoms with Gasteiger partial charge in [0.15, 0.2) is 5.65 Å². The van der Waals surface area contributed by atoms with Crippen LogP contribution in [0.15, 0.2) is 85.1 Å². The summed E-state index contributed by atoms with van der Waals surface area (Å²) in [6.45, 7) is 0.467. The van der Waals surface area contributed by atoms with E-state index in [1.54, 1.807) is 35.0 Å². The van der Waals surface area contributed by atoms with Crippen molar-refractivity contribution in [3.8, 4) is 11.3 Å². The van der Waals surface area contributed by atoms with E-state index in [2.05, 4.69) is 26.0 Å². The quantitative estimate of drug-likeness (QED) is 0.253. The lowest BCUT2D eigenvalue weighted by Gasteiger charge is -2.13. The van der Waals surface area contributed by atoms with Gasteiger partial charge >= 0.3 is 6.03 Å². The van der Waals surface area contributed by atoms with Crippen LogP contribution in [0.25, 0.3) is 16.9 Å². The van der Waals surface area contributed by atoms with Crippen LogP contribution >= 0.6 is 23.2 Å².